The fraction of sp³-hybridized carbons (Fsp3) is 0. The van der Waals surface area contributed by atoms with Gasteiger partial charge in [0.15, 0.2) is 11.5 Å². The lowest BCUT2D eigenvalue weighted by Crippen LogP contribution is -2.11. The zero-order valence-corrected chi connectivity index (χ0v) is 21.5. The molecule has 0 bridgehead atoms. The molecule has 0 unspecified atom stereocenters. The Hall–Kier alpha value is -5.48. The second-order valence-corrected chi connectivity index (χ2v) is 9.22. The highest BCUT2D eigenvalue weighted by Gasteiger charge is 2.24. The fourth-order valence-electron chi connectivity index (χ4n) is 4.75. The third kappa shape index (κ3) is 4.98. The van der Waals surface area contributed by atoms with Gasteiger partial charge in [-0.05, 0) is 33.7 Å². The smallest absolute Gasteiger partial charge is 0.344 e. The molecule has 0 amide bonds. The van der Waals surface area contributed by atoms with Crippen LogP contribution >= 0.6 is 0 Å². The summed E-state index contributed by atoms with van der Waals surface area (Å²) in [6, 6.07) is 44.7. The van der Waals surface area contributed by atoms with Gasteiger partial charge in [0, 0.05) is 11.1 Å². The maximum atomic E-state index is 13.7. The molecule has 0 fully saturated rings. The van der Waals surface area contributed by atoms with E-state index < -0.39 is 11.9 Å². The molecular formula is C36H24O4. The Labute approximate surface area is 231 Å². The first-order valence-electron chi connectivity index (χ1n) is 12.9. The van der Waals surface area contributed by atoms with Gasteiger partial charge in [-0.3, -0.25) is 0 Å². The lowest BCUT2D eigenvalue weighted by molar-refractivity contribution is 0.0649. The number of carbonyl (C=O) groups is 2. The molecule has 0 aliphatic carbocycles. The molecule has 0 aliphatic heterocycles. The SMILES string of the molecule is O=C(OC(=C(OC(=O)c1cccc2ccccc12)c1ccccc1)c1ccccc1)c1cccc2ccccc12. The van der Waals surface area contributed by atoms with Crippen molar-refractivity contribution in [1.82, 2.24) is 0 Å². The summed E-state index contributed by atoms with van der Waals surface area (Å²) in [6.07, 6.45) is 0. The van der Waals surface area contributed by atoms with Crippen LogP contribution in [0.15, 0.2) is 146 Å². The molecule has 0 N–H and O–H groups in total. The van der Waals surface area contributed by atoms with E-state index in [-0.39, 0.29) is 11.5 Å². The Morgan fingerprint density at radius 2 is 0.725 bits per heavy atom. The summed E-state index contributed by atoms with van der Waals surface area (Å²) in [7, 11) is 0. The van der Waals surface area contributed by atoms with E-state index in [1.54, 1.807) is 12.1 Å². The van der Waals surface area contributed by atoms with Gasteiger partial charge in [0.25, 0.3) is 0 Å². The minimum atomic E-state index is -0.551. The number of esters is 2. The first-order valence-corrected chi connectivity index (χ1v) is 12.9. The molecule has 0 spiro atoms. The third-order valence-electron chi connectivity index (χ3n) is 6.69. The van der Waals surface area contributed by atoms with Crippen LogP contribution in [0, 0.1) is 0 Å². The second kappa shape index (κ2) is 11.1. The molecule has 0 radical (unpaired) electrons. The predicted molar refractivity (Wildman–Crippen MR) is 158 cm³/mol. The summed E-state index contributed by atoms with van der Waals surface area (Å²) >= 11 is 0. The third-order valence-corrected chi connectivity index (χ3v) is 6.69. The van der Waals surface area contributed by atoms with Crippen molar-refractivity contribution in [3.05, 3.63) is 168 Å². The Morgan fingerprint density at radius 1 is 0.375 bits per heavy atom. The number of ether oxygens (including phenoxy) is 2. The van der Waals surface area contributed by atoms with Gasteiger partial charge in [0.05, 0.1) is 11.1 Å². The zero-order chi connectivity index (χ0) is 27.3. The zero-order valence-electron chi connectivity index (χ0n) is 21.5. The average molecular weight is 521 g/mol. The molecule has 0 aliphatic rings. The normalized spacial score (nSPS) is 11.6. The summed E-state index contributed by atoms with van der Waals surface area (Å²) in [4.78, 5) is 27.4. The molecule has 0 heterocycles. The molecule has 6 rings (SSSR count). The number of carbonyl (C=O) groups excluding carboxylic acids is 2. The van der Waals surface area contributed by atoms with Crippen LogP contribution in [0.4, 0.5) is 0 Å². The van der Waals surface area contributed by atoms with E-state index in [2.05, 4.69) is 0 Å². The second-order valence-electron chi connectivity index (χ2n) is 9.22. The number of benzene rings is 6. The maximum Gasteiger partial charge on any atom is 0.344 e. The molecule has 6 aromatic carbocycles. The molecule has 6 aromatic rings. The van der Waals surface area contributed by atoms with Gasteiger partial charge in [-0.1, -0.05) is 133 Å². The quantitative estimate of drug-likeness (QED) is 0.125. The van der Waals surface area contributed by atoms with Crippen LogP contribution in [-0.2, 0) is 9.47 Å². The van der Waals surface area contributed by atoms with Gasteiger partial charge < -0.3 is 9.47 Å². The highest BCUT2D eigenvalue weighted by atomic mass is 16.6. The van der Waals surface area contributed by atoms with Crippen LogP contribution in [-0.4, -0.2) is 11.9 Å². The van der Waals surface area contributed by atoms with E-state index >= 15 is 0 Å². The van der Waals surface area contributed by atoms with Crippen LogP contribution in [0.2, 0.25) is 0 Å². The Bertz CT molecular complexity index is 1720. The average Bonchev–Trinajstić information content (AvgIpc) is 3.02. The summed E-state index contributed by atoms with van der Waals surface area (Å²) in [5.74, 6) is -0.799. The van der Waals surface area contributed by atoms with Crippen LogP contribution in [0.1, 0.15) is 31.8 Å². The largest absolute Gasteiger partial charge is 0.418 e. The lowest BCUT2D eigenvalue weighted by Gasteiger charge is -2.17. The number of hydrogen-bond acceptors (Lipinski definition) is 4. The van der Waals surface area contributed by atoms with Crippen LogP contribution in [0.5, 0.6) is 0 Å². The molecule has 192 valence electrons. The summed E-state index contributed by atoms with van der Waals surface area (Å²) < 4.78 is 12.3. The highest BCUT2D eigenvalue weighted by Crippen LogP contribution is 2.32. The first-order chi connectivity index (χ1) is 19.7. The summed E-state index contributed by atoms with van der Waals surface area (Å²) in [5.41, 5.74) is 2.03. The van der Waals surface area contributed by atoms with Crippen LogP contribution in [0.3, 0.4) is 0 Å². The Balaban J connectivity index is 1.50. The minimum absolute atomic E-state index is 0.151. The molecule has 4 nitrogen and oxygen atoms in total. The van der Waals surface area contributed by atoms with E-state index in [1.807, 2.05) is 133 Å². The van der Waals surface area contributed by atoms with E-state index in [4.69, 9.17) is 9.47 Å². The van der Waals surface area contributed by atoms with Gasteiger partial charge in [-0.25, -0.2) is 9.59 Å². The van der Waals surface area contributed by atoms with Gasteiger partial charge in [0.1, 0.15) is 0 Å². The van der Waals surface area contributed by atoms with Crippen molar-refractivity contribution >= 4 is 45.0 Å². The van der Waals surface area contributed by atoms with Crippen molar-refractivity contribution in [2.24, 2.45) is 0 Å². The molecule has 40 heavy (non-hydrogen) atoms. The molecular weight excluding hydrogens is 496 g/mol. The number of rotatable bonds is 6. The number of fused-ring (bicyclic) bond motifs is 2. The standard InChI is InChI=1S/C36H24O4/c37-35(31-23-11-19-25-13-7-9-21-29(25)31)39-33(27-15-3-1-4-16-27)34(28-17-5-2-6-18-28)40-36(38)32-24-12-20-26-14-8-10-22-30(26)32/h1-24H. The van der Waals surface area contributed by atoms with E-state index in [0.29, 0.717) is 22.3 Å². The van der Waals surface area contributed by atoms with Crippen molar-refractivity contribution in [3.63, 3.8) is 0 Å². The fourth-order valence-corrected chi connectivity index (χ4v) is 4.75. The van der Waals surface area contributed by atoms with Gasteiger partial charge >= 0.3 is 11.9 Å². The predicted octanol–water partition coefficient (Wildman–Crippen LogP) is 8.53. The van der Waals surface area contributed by atoms with E-state index in [9.17, 15) is 9.59 Å². The van der Waals surface area contributed by atoms with Crippen molar-refractivity contribution in [2.75, 3.05) is 0 Å². The first kappa shape index (κ1) is 24.8. The van der Waals surface area contributed by atoms with E-state index in [0.717, 1.165) is 21.5 Å². The van der Waals surface area contributed by atoms with Crippen molar-refractivity contribution in [2.45, 2.75) is 0 Å². The minimum Gasteiger partial charge on any atom is -0.418 e. The van der Waals surface area contributed by atoms with Crippen LogP contribution < -0.4 is 0 Å². The summed E-state index contributed by atoms with van der Waals surface area (Å²) in [6.45, 7) is 0. The van der Waals surface area contributed by atoms with Crippen molar-refractivity contribution in [1.29, 1.82) is 0 Å². The summed E-state index contributed by atoms with van der Waals surface area (Å²) in [5, 5.41) is 3.40. The molecule has 0 atom stereocenters. The monoisotopic (exact) mass is 520 g/mol. The molecule has 0 saturated carbocycles. The topological polar surface area (TPSA) is 52.6 Å². The Morgan fingerprint density at radius 3 is 1.15 bits per heavy atom. The van der Waals surface area contributed by atoms with Crippen molar-refractivity contribution in [3.8, 4) is 0 Å². The van der Waals surface area contributed by atoms with Gasteiger partial charge in [-0.2, -0.15) is 0 Å². The molecule has 0 saturated heterocycles. The lowest BCUT2D eigenvalue weighted by atomic mass is 10.0. The van der Waals surface area contributed by atoms with Gasteiger partial charge in [0.2, 0.25) is 0 Å². The maximum absolute atomic E-state index is 13.7. The van der Waals surface area contributed by atoms with Crippen LogP contribution in [0.25, 0.3) is 33.1 Å². The number of hydrogen-bond donors (Lipinski definition) is 0. The van der Waals surface area contributed by atoms with Crippen molar-refractivity contribution < 1.29 is 19.1 Å². The van der Waals surface area contributed by atoms with Gasteiger partial charge in [-0.15, -0.1) is 0 Å². The Kier molecular flexibility index (Phi) is 6.89. The highest BCUT2D eigenvalue weighted by molar-refractivity contribution is 6.09. The molecule has 4 heteroatoms. The van der Waals surface area contributed by atoms with E-state index in [1.165, 1.54) is 0 Å². The molecule has 0 aromatic heterocycles.